The van der Waals surface area contributed by atoms with Crippen LogP contribution in [0.25, 0.3) is 0 Å². The van der Waals surface area contributed by atoms with Gasteiger partial charge in [-0.2, -0.15) is 18.2 Å². The van der Waals surface area contributed by atoms with Gasteiger partial charge in [0.05, 0.1) is 12.1 Å². The highest BCUT2D eigenvalue weighted by atomic mass is 19.4. The van der Waals surface area contributed by atoms with Crippen molar-refractivity contribution in [3.63, 3.8) is 0 Å². The van der Waals surface area contributed by atoms with Crippen molar-refractivity contribution in [2.75, 3.05) is 13.1 Å². The molecule has 0 aliphatic carbocycles. The third-order valence-corrected chi connectivity index (χ3v) is 3.59. The van der Waals surface area contributed by atoms with Crippen molar-refractivity contribution in [3.8, 4) is 0 Å². The number of hydrogen-bond acceptors (Lipinski definition) is 1. The number of guanidine groups is 2. The van der Waals surface area contributed by atoms with Crippen molar-refractivity contribution in [3.05, 3.63) is 35.4 Å². The second-order valence-electron chi connectivity index (χ2n) is 5.39. The molecule has 1 aliphatic rings. The molecular weight excluding hydrogens is 307 g/mol. The Morgan fingerprint density at radius 3 is 2.48 bits per heavy atom. The van der Waals surface area contributed by atoms with Crippen molar-refractivity contribution >= 4 is 11.9 Å². The van der Waals surface area contributed by atoms with Crippen LogP contribution in [0.5, 0.6) is 0 Å². The Kier molecular flexibility index (Phi) is 5.46. The zero-order chi connectivity index (χ0) is 16.9. The third kappa shape index (κ3) is 5.15. The number of benzene rings is 1. The van der Waals surface area contributed by atoms with Crippen LogP contribution >= 0.6 is 0 Å². The monoisotopic (exact) mass is 327 g/mol. The molecule has 0 radical (unpaired) electrons. The summed E-state index contributed by atoms with van der Waals surface area (Å²) in [6, 6.07) is 4.97. The summed E-state index contributed by atoms with van der Waals surface area (Å²) in [7, 11) is 0. The lowest BCUT2D eigenvalue weighted by Crippen LogP contribution is -2.41. The van der Waals surface area contributed by atoms with Gasteiger partial charge in [-0.25, -0.2) is 4.99 Å². The van der Waals surface area contributed by atoms with Gasteiger partial charge in [0.1, 0.15) is 0 Å². The van der Waals surface area contributed by atoms with E-state index < -0.39 is 11.7 Å². The SMILES string of the molecule is NC(=NCc1cccc(C(F)(F)F)c1)/N=C(\N)N1CCCCC1. The van der Waals surface area contributed by atoms with E-state index in [0.29, 0.717) is 11.5 Å². The van der Waals surface area contributed by atoms with E-state index in [1.165, 1.54) is 12.5 Å². The summed E-state index contributed by atoms with van der Waals surface area (Å²) in [5, 5.41) is 0. The molecule has 5 nitrogen and oxygen atoms in total. The van der Waals surface area contributed by atoms with Crippen LogP contribution in [-0.2, 0) is 12.7 Å². The maximum Gasteiger partial charge on any atom is 0.416 e. The second-order valence-corrected chi connectivity index (χ2v) is 5.39. The van der Waals surface area contributed by atoms with Crippen LogP contribution in [0.4, 0.5) is 13.2 Å². The standard InChI is InChI=1S/C15H20F3N5/c16-15(17,18)12-6-4-5-11(9-12)10-21-13(19)22-14(20)23-7-2-1-3-8-23/h4-6,9H,1-3,7-8,10H2,(H4,19,20,21,22). The van der Waals surface area contributed by atoms with Crippen molar-refractivity contribution in [1.29, 1.82) is 0 Å². The average Bonchev–Trinajstić information content (AvgIpc) is 2.53. The summed E-state index contributed by atoms with van der Waals surface area (Å²) in [6.07, 6.45) is -1.10. The third-order valence-electron chi connectivity index (χ3n) is 3.59. The Balaban J connectivity index is 2.01. The summed E-state index contributed by atoms with van der Waals surface area (Å²) in [6.45, 7) is 1.68. The number of hydrogen-bond donors (Lipinski definition) is 2. The van der Waals surface area contributed by atoms with Crippen molar-refractivity contribution in [2.45, 2.75) is 32.0 Å². The van der Waals surface area contributed by atoms with Crippen molar-refractivity contribution in [1.82, 2.24) is 4.90 Å². The van der Waals surface area contributed by atoms with Crippen LogP contribution in [0, 0.1) is 0 Å². The molecule has 2 rings (SSSR count). The number of likely N-dealkylation sites (tertiary alicyclic amines) is 1. The number of alkyl halides is 3. The molecule has 0 aromatic heterocycles. The zero-order valence-corrected chi connectivity index (χ0v) is 12.7. The first-order valence-electron chi connectivity index (χ1n) is 7.41. The van der Waals surface area contributed by atoms with E-state index in [2.05, 4.69) is 9.98 Å². The molecule has 4 N–H and O–H groups in total. The maximum absolute atomic E-state index is 12.6. The van der Waals surface area contributed by atoms with Gasteiger partial charge in [-0.15, -0.1) is 0 Å². The molecule has 0 saturated carbocycles. The predicted octanol–water partition coefficient (Wildman–Crippen LogP) is 2.32. The van der Waals surface area contributed by atoms with Crippen molar-refractivity contribution in [2.24, 2.45) is 21.5 Å². The summed E-state index contributed by atoms with van der Waals surface area (Å²) < 4.78 is 37.9. The number of rotatable bonds is 2. The lowest BCUT2D eigenvalue weighted by atomic mass is 10.1. The molecule has 0 bridgehead atoms. The molecule has 0 spiro atoms. The number of piperidine rings is 1. The minimum atomic E-state index is -4.37. The Labute approximate surface area is 132 Å². The highest BCUT2D eigenvalue weighted by molar-refractivity contribution is 5.93. The number of nitrogens with zero attached hydrogens (tertiary/aromatic N) is 3. The smallest absolute Gasteiger partial charge is 0.369 e. The van der Waals surface area contributed by atoms with E-state index in [0.717, 1.165) is 38.1 Å². The van der Waals surface area contributed by atoms with Gasteiger partial charge < -0.3 is 16.4 Å². The van der Waals surface area contributed by atoms with Gasteiger partial charge in [-0.1, -0.05) is 12.1 Å². The zero-order valence-electron chi connectivity index (χ0n) is 12.7. The highest BCUT2D eigenvalue weighted by Gasteiger charge is 2.30. The van der Waals surface area contributed by atoms with E-state index in [1.807, 2.05) is 4.90 Å². The Hall–Kier alpha value is -2.25. The first-order chi connectivity index (χ1) is 10.9. The maximum atomic E-state index is 12.6. The summed E-state index contributed by atoms with van der Waals surface area (Å²) in [4.78, 5) is 9.92. The fourth-order valence-corrected chi connectivity index (χ4v) is 2.36. The van der Waals surface area contributed by atoms with Gasteiger partial charge in [0.25, 0.3) is 0 Å². The van der Waals surface area contributed by atoms with Gasteiger partial charge in [0, 0.05) is 13.1 Å². The van der Waals surface area contributed by atoms with Crippen LogP contribution in [0.1, 0.15) is 30.4 Å². The summed E-state index contributed by atoms with van der Waals surface area (Å²) in [5.74, 6) is 0.264. The normalized spacial score (nSPS) is 17.4. The number of aliphatic imine (C=N–C) groups is 2. The van der Waals surface area contributed by atoms with Crippen molar-refractivity contribution < 1.29 is 13.2 Å². The Morgan fingerprint density at radius 2 is 1.83 bits per heavy atom. The number of halogens is 3. The molecule has 1 fully saturated rings. The Bertz CT molecular complexity index is 589. The highest BCUT2D eigenvalue weighted by Crippen LogP contribution is 2.29. The molecule has 1 aromatic carbocycles. The number of nitrogens with two attached hydrogens (primary N) is 2. The Morgan fingerprint density at radius 1 is 1.13 bits per heavy atom. The van der Waals surface area contributed by atoms with Crippen LogP contribution in [0.15, 0.2) is 34.3 Å². The van der Waals surface area contributed by atoms with E-state index in [9.17, 15) is 13.2 Å². The van der Waals surface area contributed by atoms with Gasteiger partial charge >= 0.3 is 6.18 Å². The minimum absolute atomic E-state index is 0.0204. The minimum Gasteiger partial charge on any atom is -0.369 e. The molecule has 1 aliphatic heterocycles. The second kappa shape index (κ2) is 7.34. The van der Waals surface area contributed by atoms with Crippen LogP contribution in [-0.4, -0.2) is 29.9 Å². The van der Waals surface area contributed by atoms with Crippen LogP contribution in [0.2, 0.25) is 0 Å². The molecule has 1 saturated heterocycles. The fourth-order valence-electron chi connectivity index (χ4n) is 2.36. The molecule has 23 heavy (non-hydrogen) atoms. The van der Waals surface area contributed by atoms with Crippen LogP contribution < -0.4 is 11.5 Å². The molecule has 0 amide bonds. The first kappa shape index (κ1) is 17.1. The first-order valence-corrected chi connectivity index (χ1v) is 7.41. The predicted molar refractivity (Wildman–Crippen MR) is 83.8 cm³/mol. The fraction of sp³-hybridized carbons (Fsp3) is 0.467. The molecular formula is C15H20F3N5. The van der Waals surface area contributed by atoms with E-state index in [1.54, 1.807) is 6.07 Å². The summed E-state index contributed by atoms with van der Waals surface area (Å²) in [5.41, 5.74) is 11.3. The molecule has 126 valence electrons. The van der Waals surface area contributed by atoms with E-state index >= 15 is 0 Å². The molecule has 0 atom stereocenters. The molecule has 0 unspecified atom stereocenters. The quantitative estimate of drug-likeness (QED) is 0.646. The summed E-state index contributed by atoms with van der Waals surface area (Å²) >= 11 is 0. The molecule has 1 aromatic rings. The van der Waals surface area contributed by atoms with Gasteiger partial charge in [-0.3, -0.25) is 0 Å². The topological polar surface area (TPSA) is 80.0 Å². The lowest BCUT2D eigenvalue weighted by Gasteiger charge is -2.27. The lowest BCUT2D eigenvalue weighted by molar-refractivity contribution is -0.137. The molecule has 8 heteroatoms. The van der Waals surface area contributed by atoms with Crippen LogP contribution in [0.3, 0.4) is 0 Å². The van der Waals surface area contributed by atoms with Gasteiger partial charge in [-0.05, 0) is 37.0 Å². The average molecular weight is 327 g/mol. The van der Waals surface area contributed by atoms with E-state index in [-0.39, 0.29) is 12.5 Å². The van der Waals surface area contributed by atoms with Gasteiger partial charge in [0.2, 0.25) is 5.96 Å². The van der Waals surface area contributed by atoms with E-state index in [4.69, 9.17) is 11.5 Å². The molecule has 1 heterocycles. The largest absolute Gasteiger partial charge is 0.416 e. The van der Waals surface area contributed by atoms with Gasteiger partial charge in [0.15, 0.2) is 5.96 Å².